The molecule has 3 rings (SSSR count). The molecule has 2 N–H and O–H groups in total. The Morgan fingerprint density at radius 2 is 1.77 bits per heavy atom. The third-order valence-electron chi connectivity index (χ3n) is 3.88. The third-order valence-corrected chi connectivity index (χ3v) is 6.63. The van der Waals surface area contributed by atoms with Gasteiger partial charge in [0, 0.05) is 16.3 Å². The fraction of sp³-hybridized carbons (Fsp3) is 0.118. The maximum atomic E-state index is 12.8. The molecular weight excluding hydrogens is 421 g/mol. The fourth-order valence-electron chi connectivity index (χ4n) is 2.59. The predicted molar refractivity (Wildman–Crippen MR) is 102 cm³/mol. The first-order valence-electron chi connectivity index (χ1n) is 7.40. The van der Waals surface area contributed by atoms with E-state index in [-0.39, 0.29) is 38.3 Å². The summed E-state index contributed by atoms with van der Waals surface area (Å²) in [5.41, 5.74) is 0.281. The van der Waals surface area contributed by atoms with Crippen LogP contribution in [0.25, 0.3) is 0 Å². The lowest BCUT2D eigenvalue weighted by Crippen LogP contribution is -2.11. The number of hydrogen-bond donors (Lipinski definition) is 2. The van der Waals surface area contributed by atoms with Gasteiger partial charge in [-0.25, -0.2) is 8.42 Å². The number of aliphatic hydroxyl groups is 1. The topological polar surface area (TPSA) is 83.5 Å². The van der Waals surface area contributed by atoms with Gasteiger partial charge in [0.25, 0.3) is 0 Å². The molecule has 1 heterocycles. The van der Waals surface area contributed by atoms with Crippen LogP contribution >= 0.6 is 34.8 Å². The molecule has 0 aliphatic carbocycles. The number of carbonyl (C=O) groups excluding carboxylic acids is 1. The van der Waals surface area contributed by atoms with Crippen molar-refractivity contribution in [3.8, 4) is 0 Å². The Kier molecular flexibility index (Phi) is 5.21. The highest BCUT2D eigenvalue weighted by molar-refractivity contribution is 7.91. The first kappa shape index (κ1) is 19.0. The minimum absolute atomic E-state index is 0.0549. The van der Waals surface area contributed by atoms with Gasteiger partial charge in [0.2, 0.25) is 0 Å². The van der Waals surface area contributed by atoms with Gasteiger partial charge in [-0.15, -0.1) is 0 Å². The summed E-state index contributed by atoms with van der Waals surface area (Å²) < 4.78 is 24.8. The second kappa shape index (κ2) is 7.12. The van der Waals surface area contributed by atoms with Gasteiger partial charge in [0.1, 0.15) is 0 Å². The Morgan fingerprint density at radius 1 is 1.04 bits per heavy atom. The monoisotopic (exact) mass is 431 g/mol. The number of allylic oxidation sites excluding steroid dienone is 1. The highest BCUT2D eigenvalue weighted by Crippen LogP contribution is 2.31. The summed E-state index contributed by atoms with van der Waals surface area (Å²) in [4.78, 5) is 12.7. The Hall–Kier alpha value is -1.73. The van der Waals surface area contributed by atoms with Crippen LogP contribution in [-0.2, 0) is 9.84 Å². The van der Waals surface area contributed by atoms with Crippen LogP contribution < -0.4 is 5.32 Å². The molecule has 2 aromatic carbocycles. The molecule has 0 unspecified atom stereocenters. The van der Waals surface area contributed by atoms with Crippen molar-refractivity contribution in [3.63, 3.8) is 0 Å². The first-order chi connectivity index (χ1) is 12.2. The molecule has 0 bridgehead atoms. The number of sulfone groups is 1. The second-order valence-electron chi connectivity index (χ2n) is 5.62. The summed E-state index contributed by atoms with van der Waals surface area (Å²) in [6.45, 7) is 0. The van der Waals surface area contributed by atoms with Crippen LogP contribution in [0.5, 0.6) is 0 Å². The largest absolute Gasteiger partial charge is 0.494 e. The van der Waals surface area contributed by atoms with Crippen molar-refractivity contribution in [2.24, 2.45) is 0 Å². The molecule has 1 aliphatic rings. The minimum atomic E-state index is -3.67. The highest BCUT2D eigenvalue weighted by Gasteiger charge is 2.31. The normalized spacial score (nSPS) is 18.0. The number of carbonyl (C=O) groups is 1. The van der Waals surface area contributed by atoms with Gasteiger partial charge in [-0.3, -0.25) is 4.79 Å². The molecule has 0 saturated heterocycles. The van der Waals surface area contributed by atoms with Gasteiger partial charge in [0.15, 0.2) is 21.5 Å². The quantitative estimate of drug-likeness (QED) is 0.521. The lowest BCUT2D eigenvalue weighted by Gasteiger charge is -2.11. The molecule has 5 nitrogen and oxygen atoms in total. The van der Waals surface area contributed by atoms with E-state index in [0.29, 0.717) is 10.7 Å². The Balaban J connectivity index is 2.06. The molecule has 0 fully saturated rings. The van der Waals surface area contributed by atoms with E-state index < -0.39 is 21.5 Å². The molecule has 0 aromatic heterocycles. The van der Waals surface area contributed by atoms with Gasteiger partial charge in [-0.2, -0.15) is 0 Å². The predicted octanol–water partition coefficient (Wildman–Crippen LogP) is 4.89. The van der Waals surface area contributed by atoms with Crippen molar-refractivity contribution in [2.45, 2.75) is 11.3 Å². The van der Waals surface area contributed by atoms with Crippen LogP contribution in [0.2, 0.25) is 15.1 Å². The molecule has 0 atom stereocenters. The van der Waals surface area contributed by atoms with E-state index in [9.17, 15) is 18.3 Å². The van der Waals surface area contributed by atoms with Crippen LogP contribution in [0, 0.1) is 0 Å². The van der Waals surface area contributed by atoms with Gasteiger partial charge in [0.05, 0.1) is 26.3 Å². The van der Waals surface area contributed by atoms with Crippen molar-refractivity contribution in [1.29, 1.82) is 0 Å². The number of rotatable bonds is 2. The lowest BCUT2D eigenvalue weighted by atomic mass is 10.0. The first-order valence-corrected chi connectivity index (χ1v) is 10.2. The van der Waals surface area contributed by atoms with E-state index in [4.69, 9.17) is 34.8 Å². The van der Waals surface area contributed by atoms with Crippen molar-refractivity contribution in [3.05, 3.63) is 68.5 Å². The fourth-order valence-corrected chi connectivity index (χ4v) is 4.51. The van der Waals surface area contributed by atoms with Gasteiger partial charge in [-0.05, 0) is 42.8 Å². The lowest BCUT2D eigenvalue weighted by molar-refractivity contribution is 0.102. The molecule has 1 aliphatic heterocycles. The zero-order valence-electron chi connectivity index (χ0n) is 13.1. The van der Waals surface area contributed by atoms with E-state index in [1.165, 1.54) is 30.3 Å². The number of halogens is 3. The summed E-state index contributed by atoms with van der Waals surface area (Å²) in [6, 6.07) is 8.56. The number of aliphatic hydroxyl groups excluding tert-OH is 1. The molecule has 26 heavy (non-hydrogen) atoms. The van der Waals surface area contributed by atoms with Crippen LogP contribution in [0.15, 0.2) is 52.7 Å². The minimum Gasteiger partial charge on any atom is -0.494 e. The molecule has 0 amide bonds. The SMILES string of the molecule is O=C1C(=C(O)Nc2ccc(Cl)c(Cl)c2)CCS(=O)(=O)c2ccc(Cl)cc21. The zero-order valence-corrected chi connectivity index (χ0v) is 16.2. The Labute approximate surface area is 165 Å². The van der Waals surface area contributed by atoms with Crippen LogP contribution in [0.4, 0.5) is 5.69 Å². The Morgan fingerprint density at radius 3 is 2.46 bits per heavy atom. The molecular formula is C17H12Cl3NO4S. The van der Waals surface area contributed by atoms with Crippen molar-refractivity contribution < 1.29 is 18.3 Å². The summed E-state index contributed by atoms with van der Waals surface area (Å²) in [6.07, 6.45) is -0.145. The molecule has 136 valence electrons. The highest BCUT2D eigenvalue weighted by atomic mass is 35.5. The summed E-state index contributed by atoms with van der Waals surface area (Å²) in [5.74, 6) is -1.36. The van der Waals surface area contributed by atoms with E-state index in [1.54, 1.807) is 6.07 Å². The van der Waals surface area contributed by atoms with E-state index >= 15 is 0 Å². The summed E-state index contributed by atoms with van der Waals surface area (Å²) in [7, 11) is -3.67. The molecule has 0 saturated carbocycles. The van der Waals surface area contributed by atoms with Crippen LogP contribution in [0.1, 0.15) is 16.8 Å². The van der Waals surface area contributed by atoms with Crippen LogP contribution in [0.3, 0.4) is 0 Å². The molecule has 9 heteroatoms. The average molecular weight is 433 g/mol. The summed E-state index contributed by atoms with van der Waals surface area (Å²) in [5, 5.41) is 13.9. The maximum absolute atomic E-state index is 12.8. The van der Waals surface area contributed by atoms with E-state index in [0.717, 1.165) is 0 Å². The van der Waals surface area contributed by atoms with E-state index in [1.807, 2.05) is 0 Å². The number of Topliss-reactive ketones (excluding diaryl/α,β-unsaturated/α-hetero) is 1. The summed E-state index contributed by atoms with van der Waals surface area (Å²) >= 11 is 17.7. The molecule has 0 radical (unpaired) electrons. The average Bonchev–Trinajstić information content (AvgIpc) is 2.66. The number of hydrogen-bond acceptors (Lipinski definition) is 5. The number of anilines is 1. The van der Waals surface area contributed by atoms with Crippen molar-refractivity contribution in [1.82, 2.24) is 0 Å². The number of ketones is 1. The third kappa shape index (κ3) is 3.69. The maximum Gasteiger partial charge on any atom is 0.195 e. The smallest absolute Gasteiger partial charge is 0.195 e. The number of fused-ring (bicyclic) bond motifs is 1. The number of nitrogens with one attached hydrogen (secondary N) is 1. The van der Waals surface area contributed by atoms with Gasteiger partial charge in [-0.1, -0.05) is 34.8 Å². The second-order valence-corrected chi connectivity index (χ2v) is 8.95. The van der Waals surface area contributed by atoms with Gasteiger partial charge >= 0.3 is 0 Å². The van der Waals surface area contributed by atoms with Crippen molar-refractivity contribution in [2.75, 3.05) is 11.1 Å². The Bertz CT molecular complexity index is 1050. The number of benzene rings is 2. The molecule has 0 spiro atoms. The van der Waals surface area contributed by atoms with E-state index in [2.05, 4.69) is 5.32 Å². The molecule has 2 aromatic rings. The van der Waals surface area contributed by atoms with Crippen LogP contribution in [-0.4, -0.2) is 25.1 Å². The zero-order chi connectivity index (χ0) is 19.1. The van der Waals surface area contributed by atoms with Crippen molar-refractivity contribution >= 4 is 56.1 Å². The standard InChI is InChI=1S/C17H12Cl3NO4S/c18-9-1-4-15-12(7-9)16(22)11(5-6-26(15,24)25)17(23)21-10-2-3-13(19)14(20)8-10/h1-4,7-8,21,23H,5-6H2. The van der Waals surface area contributed by atoms with Gasteiger partial charge < -0.3 is 10.4 Å².